The molecule has 20 heavy (non-hydrogen) atoms. The zero-order valence-corrected chi connectivity index (χ0v) is 12.7. The number of benzene rings is 1. The minimum Gasteiger partial charge on any atom is -0.485 e. The summed E-state index contributed by atoms with van der Waals surface area (Å²) < 4.78 is 5.89. The molecule has 2 aromatic rings. The van der Waals surface area contributed by atoms with Crippen LogP contribution in [0.2, 0.25) is 0 Å². The number of aryl methyl sites for hydroxylation is 3. The van der Waals surface area contributed by atoms with Crippen molar-refractivity contribution in [1.29, 1.82) is 0 Å². The number of anilines is 1. The minimum absolute atomic E-state index is 0.375. The molecule has 0 saturated heterocycles. The zero-order chi connectivity index (χ0) is 14.7. The molecule has 0 aliphatic carbocycles. The molecule has 1 N–H and O–H groups in total. The third kappa shape index (κ3) is 3.26. The van der Waals surface area contributed by atoms with Crippen LogP contribution < -0.4 is 10.1 Å². The summed E-state index contributed by atoms with van der Waals surface area (Å²) in [6.07, 6.45) is 0. The minimum atomic E-state index is 0.375. The monoisotopic (exact) mass is 271 g/mol. The summed E-state index contributed by atoms with van der Waals surface area (Å²) in [4.78, 5) is 8.79. The van der Waals surface area contributed by atoms with Gasteiger partial charge in [0.05, 0.1) is 0 Å². The van der Waals surface area contributed by atoms with Crippen LogP contribution in [-0.2, 0) is 6.61 Å². The molecule has 0 aliphatic rings. The maximum Gasteiger partial charge on any atom is 0.168 e. The highest BCUT2D eigenvalue weighted by Gasteiger charge is 2.06. The Morgan fingerprint density at radius 1 is 1.05 bits per heavy atom. The van der Waals surface area contributed by atoms with Crippen molar-refractivity contribution in [3.8, 4) is 5.75 Å². The second kappa shape index (κ2) is 5.90. The molecule has 0 bridgehead atoms. The molecule has 0 saturated carbocycles. The summed E-state index contributed by atoms with van der Waals surface area (Å²) in [7, 11) is 1.85. The molecule has 4 nitrogen and oxygen atoms in total. The number of ether oxygens (including phenoxy) is 1. The van der Waals surface area contributed by atoms with E-state index in [4.69, 9.17) is 4.74 Å². The smallest absolute Gasteiger partial charge is 0.168 e. The van der Waals surface area contributed by atoms with Crippen LogP contribution in [0.15, 0.2) is 18.2 Å². The highest BCUT2D eigenvalue weighted by Crippen LogP contribution is 2.24. The van der Waals surface area contributed by atoms with E-state index in [1.165, 1.54) is 11.1 Å². The summed E-state index contributed by atoms with van der Waals surface area (Å²) in [5.41, 5.74) is 4.53. The van der Waals surface area contributed by atoms with Crippen LogP contribution in [0.1, 0.15) is 28.2 Å². The molecular weight excluding hydrogens is 250 g/mol. The normalized spacial score (nSPS) is 10.4. The van der Waals surface area contributed by atoms with Gasteiger partial charge in [0.25, 0.3) is 0 Å². The van der Waals surface area contributed by atoms with E-state index >= 15 is 0 Å². The van der Waals surface area contributed by atoms with E-state index < -0.39 is 0 Å². The molecule has 1 heterocycles. The predicted molar refractivity (Wildman–Crippen MR) is 81.3 cm³/mol. The standard InChI is InChI=1S/C16H21N3O/c1-10-6-11(2)13(4)14(7-10)20-9-16-18-12(3)8-15(17-5)19-16/h6-8H,9H2,1-5H3,(H,17,18,19). The highest BCUT2D eigenvalue weighted by molar-refractivity contribution is 5.42. The zero-order valence-electron chi connectivity index (χ0n) is 12.7. The number of hydrogen-bond donors (Lipinski definition) is 1. The van der Waals surface area contributed by atoms with E-state index in [2.05, 4.69) is 48.2 Å². The maximum atomic E-state index is 5.89. The van der Waals surface area contributed by atoms with Crippen LogP contribution in [0.3, 0.4) is 0 Å². The van der Waals surface area contributed by atoms with Crippen molar-refractivity contribution < 1.29 is 4.74 Å². The average Bonchev–Trinajstić information content (AvgIpc) is 2.40. The fraction of sp³-hybridized carbons (Fsp3) is 0.375. The van der Waals surface area contributed by atoms with Crippen LogP contribution in [0.4, 0.5) is 5.82 Å². The third-order valence-corrected chi connectivity index (χ3v) is 3.28. The lowest BCUT2D eigenvalue weighted by atomic mass is 10.1. The van der Waals surface area contributed by atoms with Crippen LogP contribution in [0.25, 0.3) is 0 Å². The van der Waals surface area contributed by atoms with Gasteiger partial charge in [0.1, 0.15) is 18.2 Å². The van der Waals surface area contributed by atoms with Crippen molar-refractivity contribution >= 4 is 5.82 Å². The lowest BCUT2D eigenvalue weighted by Gasteiger charge is -2.12. The fourth-order valence-corrected chi connectivity index (χ4v) is 2.12. The van der Waals surface area contributed by atoms with Crippen molar-refractivity contribution in [2.24, 2.45) is 0 Å². The van der Waals surface area contributed by atoms with Crippen molar-refractivity contribution in [1.82, 2.24) is 9.97 Å². The van der Waals surface area contributed by atoms with Crippen LogP contribution in [-0.4, -0.2) is 17.0 Å². The summed E-state index contributed by atoms with van der Waals surface area (Å²) >= 11 is 0. The van der Waals surface area contributed by atoms with Crippen molar-refractivity contribution in [3.63, 3.8) is 0 Å². The van der Waals surface area contributed by atoms with Gasteiger partial charge in [-0.15, -0.1) is 0 Å². The van der Waals surface area contributed by atoms with Crippen LogP contribution in [0, 0.1) is 27.7 Å². The van der Waals surface area contributed by atoms with Crippen LogP contribution in [0.5, 0.6) is 5.75 Å². The van der Waals surface area contributed by atoms with Gasteiger partial charge in [-0.2, -0.15) is 0 Å². The Kier molecular flexibility index (Phi) is 4.23. The van der Waals surface area contributed by atoms with Gasteiger partial charge in [-0.25, -0.2) is 9.97 Å². The van der Waals surface area contributed by atoms with Gasteiger partial charge in [0.15, 0.2) is 5.82 Å². The lowest BCUT2D eigenvalue weighted by molar-refractivity contribution is 0.293. The first-order valence-electron chi connectivity index (χ1n) is 6.72. The molecular formula is C16H21N3O. The van der Waals surface area contributed by atoms with Crippen LogP contribution >= 0.6 is 0 Å². The predicted octanol–water partition coefficient (Wildman–Crippen LogP) is 3.33. The Hall–Kier alpha value is -2.10. The van der Waals surface area contributed by atoms with E-state index in [-0.39, 0.29) is 0 Å². The van der Waals surface area contributed by atoms with E-state index in [1.807, 2.05) is 20.0 Å². The Morgan fingerprint density at radius 2 is 1.80 bits per heavy atom. The number of aromatic nitrogens is 2. The quantitative estimate of drug-likeness (QED) is 0.926. The molecule has 0 unspecified atom stereocenters. The lowest BCUT2D eigenvalue weighted by Crippen LogP contribution is -2.06. The fourth-order valence-electron chi connectivity index (χ4n) is 2.12. The molecule has 0 fully saturated rings. The van der Waals surface area contributed by atoms with E-state index in [1.54, 1.807) is 0 Å². The number of nitrogens with zero attached hydrogens (tertiary/aromatic N) is 2. The van der Waals surface area contributed by atoms with Gasteiger partial charge in [0.2, 0.25) is 0 Å². The highest BCUT2D eigenvalue weighted by atomic mass is 16.5. The first-order valence-corrected chi connectivity index (χ1v) is 6.72. The molecule has 4 heteroatoms. The molecule has 0 spiro atoms. The molecule has 0 aliphatic heterocycles. The summed E-state index contributed by atoms with van der Waals surface area (Å²) in [6.45, 7) is 8.56. The summed E-state index contributed by atoms with van der Waals surface area (Å²) in [5.74, 6) is 2.40. The molecule has 0 amide bonds. The number of rotatable bonds is 4. The third-order valence-electron chi connectivity index (χ3n) is 3.28. The average molecular weight is 271 g/mol. The van der Waals surface area contributed by atoms with Crippen molar-refractivity contribution in [2.45, 2.75) is 34.3 Å². The Balaban J connectivity index is 2.19. The van der Waals surface area contributed by atoms with E-state index in [0.29, 0.717) is 12.4 Å². The Labute approximate surface area is 120 Å². The largest absolute Gasteiger partial charge is 0.485 e. The summed E-state index contributed by atoms with van der Waals surface area (Å²) in [6, 6.07) is 6.12. The summed E-state index contributed by atoms with van der Waals surface area (Å²) in [5, 5.41) is 3.03. The van der Waals surface area contributed by atoms with Gasteiger partial charge < -0.3 is 10.1 Å². The van der Waals surface area contributed by atoms with Crippen molar-refractivity contribution in [3.05, 3.63) is 46.4 Å². The first-order chi connectivity index (χ1) is 9.49. The van der Waals surface area contributed by atoms with E-state index in [9.17, 15) is 0 Å². The first kappa shape index (κ1) is 14.3. The Bertz CT molecular complexity index is 623. The molecule has 1 aromatic heterocycles. The second-order valence-corrected chi connectivity index (χ2v) is 5.05. The SMILES string of the molecule is CNc1cc(C)nc(COc2cc(C)cc(C)c2C)n1. The van der Waals surface area contributed by atoms with Crippen molar-refractivity contribution in [2.75, 3.05) is 12.4 Å². The molecule has 106 valence electrons. The number of nitrogens with one attached hydrogen (secondary N) is 1. The molecule has 0 atom stereocenters. The van der Waals surface area contributed by atoms with E-state index in [0.717, 1.165) is 22.8 Å². The Morgan fingerprint density at radius 3 is 2.50 bits per heavy atom. The molecule has 0 radical (unpaired) electrons. The van der Waals surface area contributed by atoms with Gasteiger partial charge in [0, 0.05) is 18.8 Å². The van der Waals surface area contributed by atoms with Gasteiger partial charge in [-0.3, -0.25) is 0 Å². The van der Waals surface area contributed by atoms with Gasteiger partial charge >= 0.3 is 0 Å². The second-order valence-electron chi connectivity index (χ2n) is 5.05. The van der Waals surface area contributed by atoms with Gasteiger partial charge in [-0.1, -0.05) is 6.07 Å². The topological polar surface area (TPSA) is 47.0 Å². The molecule has 1 aromatic carbocycles. The maximum absolute atomic E-state index is 5.89. The van der Waals surface area contributed by atoms with Gasteiger partial charge in [-0.05, 0) is 50.5 Å². The molecule has 2 rings (SSSR count). The number of hydrogen-bond acceptors (Lipinski definition) is 4.